The van der Waals surface area contributed by atoms with E-state index in [0.717, 1.165) is 17.5 Å². The Morgan fingerprint density at radius 2 is 2.25 bits per heavy atom. The molecule has 1 N–H and O–H groups in total. The summed E-state index contributed by atoms with van der Waals surface area (Å²) >= 11 is 6.38. The zero-order valence-electron chi connectivity index (χ0n) is 9.15. The molecule has 16 heavy (non-hydrogen) atoms. The summed E-state index contributed by atoms with van der Waals surface area (Å²) in [5.41, 5.74) is 1.96. The maximum atomic E-state index is 9.99. The smallest absolute Gasteiger partial charge is 0.196 e. The number of ether oxygens (including phenoxy) is 2. The molecule has 0 bridgehead atoms. The highest BCUT2D eigenvalue weighted by atomic mass is 35.5. The first-order valence-electron chi connectivity index (χ1n) is 5.26. The van der Waals surface area contributed by atoms with Gasteiger partial charge in [0.15, 0.2) is 5.06 Å². The van der Waals surface area contributed by atoms with Gasteiger partial charge >= 0.3 is 0 Å². The topological polar surface area (TPSA) is 38.7 Å². The fourth-order valence-electron chi connectivity index (χ4n) is 2.05. The molecule has 0 spiro atoms. The van der Waals surface area contributed by atoms with Crippen molar-refractivity contribution in [3.8, 4) is 0 Å². The van der Waals surface area contributed by atoms with Crippen LogP contribution < -0.4 is 0 Å². The molecule has 3 nitrogen and oxygen atoms in total. The van der Waals surface area contributed by atoms with Gasteiger partial charge in [0, 0.05) is 12.7 Å². The van der Waals surface area contributed by atoms with Crippen molar-refractivity contribution >= 4 is 11.6 Å². The van der Waals surface area contributed by atoms with Gasteiger partial charge in [-0.2, -0.15) is 0 Å². The Balaban J connectivity index is 2.35. The predicted octanol–water partition coefficient (Wildman–Crippen LogP) is 2.01. The molecule has 1 aliphatic rings. The maximum absolute atomic E-state index is 9.99. The second kappa shape index (κ2) is 4.72. The normalized spacial score (nSPS) is 28.8. The first kappa shape index (κ1) is 11.9. The Hall–Kier alpha value is -0.610. The summed E-state index contributed by atoms with van der Waals surface area (Å²) < 4.78 is 10.3. The van der Waals surface area contributed by atoms with Gasteiger partial charge in [-0.1, -0.05) is 35.9 Å². The van der Waals surface area contributed by atoms with E-state index in [0.29, 0.717) is 6.42 Å². The fourth-order valence-corrected chi connectivity index (χ4v) is 2.38. The van der Waals surface area contributed by atoms with E-state index in [1.807, 2.05) is 24.3 Å². The van der Waals surface area contributed by atoms with Crippen LogP contribution >= 0.6 is 11.6 Å². The van der Waals surface area contributed by atoms with Crippen molar-refractivity contribution < 1.29 is 14.6 Å². The summed E-state index contributed by atoms with van der Waals surface area (Å²) in [6.45, 7) is 0.0644. The predicted molar refractivity (Wildman–Crippen MR) is 61.3 cm³/mol. The molecular formula is C12H15ClO3. The summed E-state index contributed by atoms with van der Waals surface area (Å²) in [6, 6.07) is 7.75. The molecule has 0 saturated heterocycles. The Morgan fingerprint density at radius 3 is 3.00 bits per heavy atom. The molecule has 1 aliphatic carbocycles. The molecule has 2 atom stereocenters. The van der Waals surface area contributed by atoms with Crippen molar-refractivity contribution in [2.45, 2.75) is 24.0 Å². The van der Waals surface area contributed by atoms with Crippen molar-refractivity contribution in [1.82, 2.24) is 0 Å². The minimum atomic E-state index is -1.18. The number of fused-ring (bicyclic) bond motifs is 1. The summed E-state index contributed by atoms with van der Waals surface area (Å²) in [5, 5.41) is 8.81. The number of aliphatic hydroxyl groups excluding tert-OH is 1. The summed E-state index contributed by atoms with van der Waals surface area (Å²) in [7, 11) is 1.53. The van der Waals surface area contributed by atoms with Crippen LogP contribution in [0.2, 0.25) is 0 Å². The average molecular weight is 243 g/mol. The van der Waals surface area contributed by atoms with E-state index in [9.17, 15) is 5.11 Å². The van der Waals surface area contributed by atoms with E-state index in [4.69, 9.17) is 21.1 Å². The minimum Gasteiger partial charge on any atom is -0.388 e. The quantitative estimate of drug-likeness (QED) is 0.651. The number of alkyl halides is 1. The van der Waals surface area contributed by atoms with Crippen LogP contribution in [0.3, 0.4) is 0 Å². The van der Waals surface area contributed by atoms with Gasteiger partial charge in [0.25, 0.3) is 0 Å². The molecule has 0 fully saturated rings. The van der Waals surface area contributed by atoms with E-state index >= 15 is 0 Å². The Kier molecular flexibility index (Phi) is 3.50. The molecule has 2 unspecified atom stereocenters. The highest BCUT2D eigenvalue weighted by Crippen LogP contribution is 2.41. The molecule has 0 amide bonds. The van der Waals surface area contributed by atoms with Gasteiger partial charge in [0.1, 0.15) is 12.9 Å². The second-order valence-electron chi connectivity index (χ2n) is 3.91. The molecule has 1 aromatic rings. The van der Waals surface area contributed by atoms with Crippen LogP contribution in [0.1, 0.15) is 17.5 Å². The molecule has 1 aromatic carbocycles. The second-order valence-corrected chi connectivity index (χ2v) is 4.47. The van der Waals surface area contributed by atoms with Crippen LogP contribution in [-0.4, -0.2) is 25.1 Å². The molecule has 0 saturated carbocycles. The molecular weight excluding hydrogens is 228 g/mol. The number of aryl methyl sites for hydroxylation is 1. The van der Waals surface area contributed by atoms with Gasteiger partial charge in [-0.15, -0.1) is 0 Å². The standard InChI is InChI=1S/C12H15ClO3/c1-15-8-16-12(13)10-5-3-2-4-9(10)6-7-11(12)14/h2-5,11,14H,6-8H2,1H3. The number of methoxy groups -OCH3 is 1. The van der Waals surface area contributed by atoms with Crippen molar-refractivity contribution in [2.75, 3.05) is 13.9 Å². The van der Waals surface area contributed by atoms with Crippen LogP contribution in [0.15, 0.2) is 24.3 Å². The highest BCUT2D eigenvalue weighted by molar-refractivity contribution is 6.23. The lowest BCUT2D eigenvalue weighted by Gasteiger charge is -2.37. The lowest BCUT2D eigenvalue weighted by molar-refractivity contribution is -0.144. The maximum Gasteiger partial charge on any atom is 0.196 e. The number of hydrogen-bond donors (Lipinski definition) is 1. The highest BCUT2D eigenvalue weighted by Gasteiger charge is 2.43. The van der Waals surface area contributed by atoms with Crippen LogP contribution in [0.4, 0.5) is 0 Å². The molecule has 0 aliphatic heterocycles. The zero-order chi connectivity index (χ0) is 11.6. The third kappa shape index (κ3) is 1.96. The molecule has 4 heteroatoms. The van der Waals surface area contributed by atoms with Crippen LogP contribution in [0.5, 0.6) is 0 Å². The number of hydrogen-bond acceptors (Lipinski definition) is 3. The number of rotatable bonds is 3. The molecule has 0 aromatic heterocycles. The van der Waals surface area contributed by atoms with Gasteiger partial charge < -0.3 is 14.6 Å². The van der Waals surface area contributed by atoms with E-state index in [-0.39, 0.29) is 6.79 Å². The molecule has 0 heterocycles. The van der Waals surface area contributed by atoms with Crippen LogP contribution in [-0.2, 0) is 21.0 Å². The summed E-state index contributed by atoms with van der Waals surface area (Å²) in [4.78, 5) is 0. The lowest BCUT2D eigenvalue weighted by Crippen LogP contribution is -2.41. The van der Waals surface area contributed by atoms with Crippen LogP contribution in [0, 0.1) is 0 Å². The van der Waals surface area contributed by atoms with E-state index in [1.54, 1.807) is 0 Å². The first-order valence-corrected chi connectivity index (χ1v) is 5.64. The fraction of sp³-hybridized carbons (Fsp3) is 0.500. The minimum absolute atomic E-state index is 0.0644. The molecule has 2 rings (SSSR count). The van der Waals surface area contributed by atoms with E-state index in [2.05, 4.69) is 0 Å². The SMILES string of the molecule is COCOC1(Cl)c2ccccc2CCC1O. The van der Waals surface area contributed by atoms with Gasteiger partial charge in [0.05, 0.1) is 0 Å². The van der Waals surface area contributed by atoms with Gasteiger partial charge in [-0.05, 0) is 18.4 Å². The zero-order valence-corrected chi connectivity index (χ0v) is 9.91. The third-order valence-corrected chi connectivity index (χ3v) is 3.45. The first-order chi connectivity index (χ1) is 7.68. The monoisotopic (exact) mass is 242 g/mol. The van der Waals surface area contributed by atoms with E-state index in [1.165, 1.54) is 7.11 Å². The summed E-state index contributed by atoms with van der Waals surface area (Å²) in [5.74, 6) is 0. The Labute approximate surface area is 99.9 Å². The van der Waals surface area contributed by atoms with Crippen molar-refractivity contribution in [3.05, 3.63) is 35.4 Å². The molecule has 88 valence electrons. The number of aliphatic hydroxyl groups is 1. The number of halogens is 1. The lowest BCUT2D eigenvalue weighted by atomic mass is 9.87. The van der Waals surface area contributed by atoms with Gasteiger partial charge in [0.2, 0.25) is 0 Å². The summed E-state index contributed by atoms with van der Waals surface area (Å²) in [6.07, 6.45) is 0.714. The Bertz CT molecular complexity index is 369. The van der Waals surface area contributed by atoms with Crippen molar-refractivity contribution in [2.24, 2.45) is 0 Å². The van der Waals surface area contributed by atoms with Crippen LogP contribution in [0.25, 0.3) is 0 Å². The van der Waals surface area contributed by atoms with Crippen molar-refractivity contribution in [1.29, 1.82) is 0 Å². The number of benzene rings is 1. The van der Waals surface area contributed by atoms with Gasteiger partial charge in [-0.3, -0.25) is 0 Å². The van der Waals surface area contributed by atoms with E-state index < -0.39 is 11.2 Å². The third-order valence-electron chi connectivity index (χ3n) is 2.89. The largest absolute Gasteiger partial charge is 0.388 e. The van der Waals surface area contributed by atoms with Crippen molar-refractivity contribution in [3.63, 3.8) is 0 Å². The average Bonchev–Trinajstić information content (AvgIpc) is 2.32. The molecule has 0 radical (unpaired) electrons. The Morgan fingerprint density at radius 1 is 1.50 bits per heavy atom. The van der Waals surface area contributed by atoms with Gasteiger partial charge in [-0.25, -0.2) is 0 Å².